The highest BCUT2D eigenvalue weighted by molar-refractivity contribution is 6.03. The number of nitrogens with zero attached hydrogens (tertiary/aromatic N) is 1. The number of carbonyl (C=O) groups is 2. The monoisotopic (exact) mass is 246 g/mol. The molecule has 1 N–H and O–H groups in total. The van der Waals surface area contributed by atoms with Crippen LogP contribution in [-0.2, 0) is 9.59 Å². The molecular weight excluding hydrogens is 228 g/mol. The molecule has 0 spiro atoms. The highest BCUT2D eigenvalue weighted by Crippen LogP contribution is 2.11. The van der Waals surface area contributed by atoms with Gasteiger partial charge in [0, 0.05) is 18.8 Å². The summed E-state index contributed by atoms with van der Waals surface area (Å²) in [7, 11) is 0. The predicted molar refractivity (Wildman–Crippen MR) is 70.2 cm³/mol. The number of benzene rings is 1. The molecule has 0 aromatic heterocycles. The van der Waals surface area contributed by atoms with Gasteiger partial charge < -0.3 is 10.2 Å². The second-order valence-corrected chi connectivity index (χ2v) is 4.68. The molecular formula is C14H18N2O2. The number of carbonyl (C=O) groups excluding carboxylic acids is 2. The van der Waals surface area contributed by atoms with Crippen molar-refractivity contribution in [2.24, 2.45) is 0 Å². The van der Waals surface area contributed by atoms with Crippen molar-refractivity contribution in [1.82, 2.24) is 4.90 Å². The quantitative estimate of drug-likeness (QED) is 0.829. The van der Waals surface area contributed by atoms with E-state index >= 15 is 0 Å². The molecule has 0 radical (unpaired) electrons. The number of hydrogen-bond acceptors (Lipinski definition) is 2. The molecule has 1 fully saturated rings. The summed E-state index contributed by atoms with van der Waals surface area (Å²) < 4.78 is 0. The Morgan fingerprint density at radius 1 is 1.17 bits per heavy atom. The molecule has 1 aliphatic heterocycles. The van der Waals surface area contributed by atoms with E-state index < -0.39 is 0 Å². The van der Waals surface area contributed by atoms with Crippen molar-refractivity contribution in [1.29, 1.82) is 0 Å². The maximum atomic E-state index is 11.8. The first kappa shape index (κ1) is 12.6. The Labute approximate surface area is 107 Å². The van der Waals surface area contributed by atoms with Crippen molar-refractivity contribution < 1.29 is 9.59 Å². The molecule has 0 atom stereocenters. The third kappa shape index (κ3) is 3.32. The summed E-state index contributed by atoms with van der Waals surface area (Å²) in [6.45, 7) is 3.57. The van der Waals surface area contributed by atoms with E-state index in [2.05, 4.69) is 5.32 Å². The second-order valence-electron chi connectivity index (χ2n) is 4.68. The first-order valence-corrected chi connectivity index (χ1v) is 6.29. The van der Waals surface area contributed by atoms with Crippen molar-refractivity contribution in [2.75, 3.05) is 18.4 Å². The van der Waals surface area contributed by atoms with Crippen molar-refractivity contribution in [3.05, 3.63) is 29.8 Å². The molecule has 4 heteroatoms. The molecule has 18 heavy (non-hydrogen) atoms. The lowest BCUT2D eigenvalue weighted by atomic mass is 10.2. The summed E-state index contributed by atoms with van der Waals surface area (Å²) in [6.07, 6.45) is 2.03. The molecule has 0 aliphatic carbocycles. The van der Waals surface area contributed by atoms with E-state index in [1.165, 1.54) is 0 Å². The van der Waals surface area contributed by atoms with Crippen LogP contribution in [-0.4, -0.2) is 29.8 Å². The minimum Gasteiger partial charge on any atom is -0.342 e. The van der Waals surface area contributed by atoms with Crippen molar-refractivity contribution >= 4 is 17.5 Å². The van der Waals surface area contributed by atoms with Crippen LogP contribution in [0.2, 0.25) is 0 Å². The van der Waals surface area contributed by atoms with Gasteiger partial charge in [-0.1, -0.05) is 17.7 Å². The zero-order valence-corrected chi connectivity index (χ0v) is 10.6. The van der Waals surface area contributed by atoms with Gasteiger partial charge in [0.15, 0.2) is 0 Å². The largest absolute Gasteiger partial charge is 0.342 e. The molecule has 1 aliphatic rings. The van der Waals surface area contributed by atoms with E-state index in [1.54, 1.807) is 4.90 Å². The maximum absolute atomic E-state index is 11.8. The van der Waals surface area contributed by atoms with E-state index in [1.807, 2.05) is 31.2 Å². The fraction of sp³-hybridized carbons (Fsp3) is 0.429. The Balaban J connectivity index is 1.84. The predicted octanol–water partition coefficient (Wildman–Crippen LogP) is 1.95. The van der Waals surface area contributed by atoms with Gasteiger partial charge in [-0.3, -0.25) is 9.59 Å². The topological polar surface area (TPSA) is 49.4 Å². The highest BCUT2D eigenvalue weighted by Gasteiger charge is 2.20. The SMILES string of the molecule is Cc1ccc(NC(=O)CC(=O)N2CCCC2)cc1. The number of amides is 2. The smallest absolute Gasteiger partial charge is 0.233 e. The van der Waals surface area contributed by atoms with Crippen LogP contribution in [0, 0.1) is 6.92 Å². The minimum atomic E-state index is -0.240. The molecule has 1 aromatic rings. The standard InChI is InChI=1S/C14H18N2O2/c1-11-4-6-12(7-5-11)15-13(17)10-14(18)16-8-2-3-9-16/h4-7H,2-3,8-10H2,1H3,(H,15,17). The van der Waals surface area contributed by atoms with Gasteiger partial charge in [-0.15, -0.1) is 0 Å². The fourth-order valence-corrected chi connectivity index (χ4v) is 2.06. The third-order valence-electron chi connectivity index (χ3n) is 3.11. The van der Waals surface area contributed by atoms with Crippen LogP contribution in [0.1, 0.15) is 24.8 Å². The summed E-state index contributed by atoms with van der Waals surface area (Å²) in [5.41, 5.74) is 1.88. The first-order valence-electron chi connectivity index (χ1n) is 6.29. The average molecular weight is 246 g/mol. The van der Waals surface area contributed by atoms with Gasteiger partial charge in [-0.05, 0) is 31.9 Å². The molecule has 1 heterocycles. The van der Waals surface area contributed by atoms with Gasteiger partial charge in [-0.25, -0.2) is 0 Å². The molecule has 2 amide bonds. The molecule has 0 saturated carbocycles. The lowest BCUT2D eigenvalue weighted by Gasteiger charge is -2.14. The number of rotatable bonds is 3. The van der Waals surface area contributed by atoms with Crippen LogP contribution in [0.25, 0.3) is 0 Å². The third-order valence-corrected chi connectivity index (χ3v) is 3.11. The number of nitrogens with one attached hydrogen (secondary N) is 1. The summed E-state index contributed by atoms with van der Waals surface area (Å²) in [5, 5.41) is 2.74. The number of anilines is 1. The van der Waals surface area contributed by atoms with Gasteiger partial charge >= 0.3 is 0 Å². The van der Waals surface area contributed by atoms with Crippen LogP contribution in [0.15, 0.2) is 24.3 Å². The zero-order valence-electron chi connectivity index (χ0n) is 10.6. The molecule has 4 nitrogen and oxygen atoms in total. The fourth-order valence-electron chi connectivity index (χ4n) is 2.06. The summed E-state index contributed by atoms with van der Waals surface area (Å²) in [4.78, 5) is 25.2. The van der Waals surface area contributed by atoms with E-state index in [4.69, 9.17) is 0 Å². The second kappa shape index (κ2) is 5.67. The Hall–Kier alpha value is -1.84. The van der Waals surface area contributed by atoms with E-state index in [0.717, 1.165) is 37.2 Å². The Bertz CT molecular complexity index is 434. The van der Waals surface area contributed by atoms with Crippen molar-refractivity contribution in [2.45, 2.75) is 26.2 Å². The Morgan fingerprint density at radius 3 is 2.39 bits per heavy atom. The van der Waals surface area contributed by atoms with E-state index in [0.29, 0.717) is 0 Å². The maximum Gasteiger partial charge on any atom is 0.233 e. The van der Waals surface area contributed by atoms with Gasteiger partial charge in [0.05, 0.1) is 0 Å². The summed E-state index contributed by atoms with van der Waals surface area (Å²) in [5.74, 6) is -0.312. The van der Waals surface area contributed by atoms with Crippen LogP contribution < -0.4 is 5.32 Å². The molecule has 1 saturated heterocycles. The van der Waals surface area contributed by atoms with E-state index in [-0.39, 0.29) is 18.2 Å². The van der Waals surface area contributed by atoms with Crippen molar-refractivity contribution in [3.8, 4) is 0 Å². The summed E-state index contributed by atoms with van der Waals surface area (Å²) >= 11 is 0. The minimum absolute atomic E-state index is 0.0616. The van der Waals surface area contributed by atoms with Crippen LogP contribution in [0.3, 0.4) is 0 Å². The highest BCUT2D eigenvalue weighted by atomic mass is 16.2. The molecule has 96 valence electrons. The number of hydrogen-bond donors (Lipinski definition) is 1. The van der Waals surface area contributed by atoms with E-state index in [9.17, 15) is 9.59 Å². The van der Waals surface area contributed by atoms with Gasteiger partial charge in [0.25, 0.3) is 0 Å². The van der Waals surface area contributed by atoms with Crippen LogP contribution in [0.4, 0.5) is 5.69 Å². The normalized spacial score (nSPS) is 14.6. The first-order chi connectivity index (χ1) is 8.65. The van der Waals surface area contributed by atoms with Crippen molar-refractivity contribution in [3.63, 3.8) is 0 Å². The number of aryl methyl sites for hydroxylation is 1. The Morgan fingerprint density at radius 2 is 1.78 bits per heavy atom. The van der Waals surface area contributed by atoms with Gasteiger partial charge in [0.2, 0.25) is 11.8 Å². The average Bonchev–Trinajstić information content (AvgIpc) is 2.85. The molecule has 0 bridgehead atoms. The van der Waals surface area contributed by atoms with Crippen LogP contribution >= 0.6 is 0 Å². The summed E-state index contributed by atoms with van der Waals surface area (Å²) in [6, 6.07) is 7.54. The molecule has 0 unspecified atom stereocenters. The molecule has 2 rings (SSSR count). The molecule has 1 aromatic carbocycles. The van der Waals surface area contributed by atoms with Crippen LogP contribution in [0.5, 0.6) is 0 Å². The lowest BCUT2D eigenvalue weighted by molar-refractivity contribution is -0.133. The lowest BCUT2D eigenvalue weighted by Crippen LogP contribution is -2.31. The van der Waals surface area contributed by atoms with Gasteiger partial charge in [-0.2, -0.15) is 0 Å². The van der Waals surface area contributed by atoms with Gasteiger partial charge in [0.1, 0.15) is 6.42 Å². The number of likely N-dealkylation sites (tertiary alicyclic amines) is 1. The zero-order chi connectivity index (χ0) is 13.0. The Kier molecular flexibility index (Phi) is 3.97.